The molecule has 33 heavy (non-hydrogen) atoms. The van der Waals surface area contributed by atoms with Crippen molar-refractivity contribution in [3.8, 4) is 5.75 Å². The zero-order chi connectivity index (χ0) is 23.8. The van der Waals surface area contributed by atoms with Crippen LogP contribution in [0.15, 0.2) is 24.3 Å². The Labute approximate surface area is 197 Å². The van der Waals surface area contributed by atoms with Gasteiger partial charge in [0.1, 0.15) is 5.75 Å². The minimum Gasteiger partial charge on any atom is -0.497 e. The first-order valence-corrected chi connectivity index (χ1v) is 12.6. The van der Waals surface area contributed by atoms with Gasteiger partial charge in [-0.15, -0.1) is 0 Å². The van der Waals surface area contributed by atoms with Crippen molar-refractivity contribution in [2.24, 2.45) is 35.0 Å². The van der Waals surface area contributed by atoms with Crippen molar-refractivity contribution in [3.05, 3.63) is 29.8 Å². The van der Waals surface area contributed by atoms with E-state index in [9.17, 15) is 14.7 Å². The number of carbonyl (C=O) groups is 2. The fourth-order valence-corrected chi connectivity index (χ4v) is 6.43. The molecule has 3 aliphatic carbocycles. The maximum absolute atomic E-state index is 13.0. The third kappa shape index (κ3) is 5.06. The van der Waals surface area contributed by atoms with Crippen LogP contribution in [0.2, 0.25) is 0 Å². The maximum atomic E-state index is 13.0. The molecular weight excluding hydrogens is 416 g/mol. The molecule has 182 valence electrons. The summed E-state index contributed by atoms with van der Waals surface area (Å²) in [6, 6.07) is 7.79. The normalized spacial score (nSPS) is 34.6. The Bertz CT molecular complexity index is 852. The van der Waals surface area contributed by atoms with E-state index in [1.165, 1.54) is 0 Å². The quantitative estimate of drug-likeness (QED) is 0.584. The van der Waals surface area contributed by atoms with Gasteiger partial charge in [0.2, 0.25) is 11.8 Å². The smallest absolute Gasteiger partial charge is 0.223 e. The molecule has 3 aliphatic rings. The van der Waals surface area contributed by atoms with Gasteiger partial charge in [0.15, 0.2) is 0 Å². The molecular formula is C27H40N2O4. The Hall–Kier alpha value is -2.08. The lowest BCUT2D eigenvalue weighted by Gasteiger charge is -2.56. The molecule has 0 unspecified atom stereocenters. The molecule has 7 atom stereocenters. The molecule has 6 nitrogen and oxygen atoms in total. The van der Waals surface area contributed by atoms with Gasteiger partial charge in [-0.1, -0.05) is 32.9 Å². The van der Waals surface area contributed by atoms with E-state index >= 15 is 0 Å². The second-order valence-corrected chi connectivity index (χ2v) is 11.0. The third-order valence-electron chi connectivity index (χ3n) is 8.85. The lowest BCUT2D eigenvalue weighted by Crippen LogP contribution is -2.58. The van der Waals surface area contributed by atoms with E-state index in [0.29, 0.717) is 6.54 Å². The summed E-state index contributed by atoms with van der Waals surface area (Å²) >= 11 is 0. The number of methoxy groups -OCH3 is 1. The van der Waals surface area contributed by atoms with E-state index in [1.807, 2.05) is 31.2 Å². The predicted molar refractivity (Wildman–Crippen MR) is 127 cm³/mol. The standard InChI is InChI=1S/C27H40N2O4/c1-16(25(31)28-15-18-5-9-20(33-4)10-6-18)21-11-13-27(3)14-12-22(17(2)23(27)24(21)30)29-26(32)19-7-8-19/h5-6,9-10,16-17,19,21-24,30H,7-8,11-15H2,1-4H3,(H,28,31)(H,29,32)/t16-,17-,21+,22-,23+,24-,27+/m0/s1. The molecule has 0 spiro atoms. The highest BCUT2D eigenvalue weighted by molar-refractivity contribution is 5.81. The summed E-state index contributed by atoms with van der Waals surface area (Å²) in [6.07, 6.45) is 5.33. The largest absolute Gasteiger partial charge is 0.497 e. The average molecular weight is 457 g/mol. The molecule has 3 saturated carbocycles. The second kappa shape index (κ2) is 9.65. The Kier molecular flexibility index (Phi) is 7.04. The van der Waals surface area contributed by atoms with Crippen molar-refractivity contribution in [2.75, 3.05) is 7.11 Å². The summed E-state index contributed by atoms with van der Waals surface area (Å²) in [6.45, 7) is 6.88. The Morgan fingerprint density at radius 3 is 2.45 bits per heavy atom. The molecule has 0 aromatic heterocycles. The van der Waals surface area contributed by atoms with Crippen molar-refractivity contribution in [1.29, 1.82) is 0 Å². The second-order valence-electron chi connectivity index (χ2n) is 11.0. The van der Waals surface area contributed by atoms with Crippen molar-refractivity contribution >= 4 is 11.8 Å². The zero-order valence-electron chi connectivity index (χ0n) is 20.5. The van der Waals surface area contributed by atoms with Gasteiger partial charge in [0.05, 0.1) is 13.2 Å². The van der Waals surface area contributed by atoms with E-state index in [2.05, 4.69) is 24.5 Å². The van der Waals surface area contributed by atoms with Crippen molar-refractivity contribution in [3.63, 3.8) is 0 Å². The lowest BCUT2D eigenvalue weighted by atomic mass is 9.51. The van der Waals surface area contributed by atoms with E-state index in [-0.39, 0.29) is 52.9 Å². The van der Waals surface area contributed by atoms with Crippen molar-refractivity contribution < 1.29 is 19.4 Å². The molecule has 4 rings (SSSR count). The fraction of sp³-hybridized carbons (Fsp3) is 0.704. The number of ether oxygens (including phenoxy) is 1. The maximum Gasteiger partial charge on any atom is 0.223 e. The summed E-state index contributed by atoms with van der Waals surface area (Å²) in [5, 5.41) is 17.9. The first-order chi connectivity index (χ1) is 15.7. The number of carbonyl (C=O) groups excluding carboxylic acids is 2. The number of benzene rings is 1. The SMILES string of the molecule is COc1ccc(CNC(=O)[C@@H](C)[C@H]2CC[C@]3(C)CC[C@H](NC(=O)C4CC4)[C@H](C)[C@@H]3[C@H]2O)cc1. The van der Waals surface area contributed by atoms with E-state index < -0.39 is 6.10 Å². The van der Waals surface area contributed by atoms with Crippen LogP contribution in [0.25, 0.3) is 0 Å². The monoisotopic (exact) mass is 456 g/mol. The summed E-state index contributed by atoms with van der Waals surface area (Å²) < 4.78 is 5.19. The molecule has 3 N–H and O–H groups in total. The molecule has 0 radical (unpaired) electrons. The number of fused-ring (bicyclic) bond motifs is 1. The van der Waals surface area contributed by atoms with Gasteiger partial charge in [-0.2, -0.15) is 0 Å². The molecule has 6 heteroatoms. The van der Waals surface area contributed by atoms with Crippen LogP contribution >= 0.6 is 0 Å². The predicted octanol–water partition coefficient (Wildman–Crippen LogP) is 3.67. The molecule has 1 aromatic rings. The van der Waals surface area contributed by atoms with Gasteiger partial charge >= 0.3 is 0 Å². The number of nitrogens with one attached hydrogen (secondary N) is 2. The molecule has 0 aliphatic heterocycles. The topological polar surface area (TPSA) is 87.7 Å². The van der Waals surface area contributed by atoms with Gasteiger partial charge in [-0.3, -0.25) is 9.59 Å². The molecule has 3 fully saturated rings. The number of hydrogen-bond donors (Lipinski definition) is 3. The van der Waals surface area contributed by atoms with Crippen LogP contribution in [0.4, 0.5) is 0 Å². The van der Waals surface area contributed by atoms with E-state index in [0.717, 1.165) is 49.8 Å². The van der Waals surface area contributed by atoms with Crippen LogP contribution in [0.5, 0.6) is 5.75 Å². The van der Waals surface area contributed by atoms with Gasteiger partial charge in [0, 0.05) is 24.4 Å². The Morgan fingerprint density at radius 1 is 1.15 bits per heavy atom. The lowest BCUT2D eigenvalue weighted by molar-refractivity contribution is -0.144. The summed E-state index contributed by atoms with van der Waals surface area (Å²) in [7, 11) is 1.63. The van der Waals surface area contributed by atoms with Crippen LogP contribution in [0.3, 0.4) is 0 Å². The fourth-order valence-electron chi connectivity index (χ4n) is 6.43. The number of hydrogen-bond acceptors (Lipinski definition) is 4. The van der Waals surface area contributed by atoms with Crippen LogP contribution in [0, 0.1) is 35.0 Å². The molecule has 0 bridgehead atoms. The van der Waals surface area contributed by atoms with Gasteiger partial charge in [-0.05, 0) is 79.4 Å². The highest BCUT2D eigenvalue weighted by Gasteiger charge is 2.54. The molecule has 0 saturated heterocycles. The zero-order valence-corrected chi connectivity index (χ0v) is 20.5. The first-order valence-electron chi connectivity index (χ1n) is 12.6. The minimum atomic E-state index is -0.541. The number of aliphatic hydroxyl groups excluding tert-OH is 1. The van der Waals surface area contributed by atoms with Gasteiger partial charge in [0.25, 0.3) is 0 Å². The van der Waals surface area contributed by atoms with Crippen LogP contribution in [-0.4, -0.2) is 36.2 Å². The Balaban J connectivity index is 1.38. The van der Waals surface area contributed by atoms with Gasteiger partial charge < -0.3 is 20.5 Å². The van der Waals surface area contributed by atoms with Crippen LogP contribution in [0.1, 0.15) is 64.9 Å². The van der Waals surface area contributed by atoms with E-state index in [1.54, 1.807) is 7.11 Å². The number of aliphatic hydroxyl groups is 1. The number of rotatable bonds is 7. The number of amides is 2. The Morgan fingerprint density at radius 2 is 1.82 bits per heavy atom. The molecule has 1 aromatic carbocycles. The molecule has 0 heterocycles. The minimum absolute atomic E-state index is 0.0134. The highest BCUT2D eigenvalue weighted by Crippen LogP contribution is 2.55. The summed E-state index contributed by atoms with van der Waals surface area (Å²) in [5.74, 6) is 1.11. The van der Waals surface area contributed by atoms with E-state index in [4.69, 9.17) is 4.74 Å². The first kappa shape index (κ1) is 24.1. The summed E-state index contributed by atoms with van der Waals surface area (Å²) in [5.41, 5.74) is 1.08. The van der Waals surface area contributed by atoms with Crippen molar-refractivity contribution in [2.45, 2.75) is 78.0 Å². The highest BCUT2D eigenvalue weighted by atomic mass is 16.5. The summed E-state index contributed by atoms with van der Waals surface area (Å²) in [4.78, 5) is 25.4. The third-order valence-corrected chi connectivity index (χ3v) is 8.85. The van der Waals surface area contributed by atoms with Gasteiger partial charge in [-0.25, -0.2) is 0 Å². The van der Waals surface area contributed by atoms with Crippen LogP contribution in [-0.2, 0) is 16.1 Å². The average Bonchev–Trinajstić information content (AvgIpc) is 3.65. The van der Waals surface area contributed by atoms with Crippen LogP contribution < -0.4 is 15.4 Å². The molecule has 2 amide bonds. The van der Waals surface area contributed by atoms with Crippen molar-refractivity contribution in [1.82, 2.24) is 10.6 Å².